The lowest BCUT2D eigenvalue weighted by atomic mass is 9.66. The fraction of sp³-hybridized carbons (Fsp3) is 0.647. The Morgan fingerprint density at radius 3 is 2.76 bits per heavy atom. The zero-order valence-corrected chi connectivity index (χ0v) is 12.7. The summed E-state index contributed by atoms with van der Waals surface area (Å²) in [5.41, 5.74) is 1.44. The number of carbonyl (C=O) groups excluding carboxylic acids is 2. The van der Waals surface area contributed by atoms with E-state index in [0.717, 1.165) is 49.9 Å². The number of aryl methyl sites for hydroxylation is 1. The Kier molecular flexibility index (Phi) is 3.87. The van der Waals surface area contributed by atoms with Crippen molar-refractivity contribution in [3.05, 3.63) is 23.5 Å². The van der Waals surface area contributed by atoms with Crippen LogP contribution in [-0.4, -0.2) is 22.9 Å². The molecule has 1 aromatic heterocycles. The molecule has 2 aliphatic rings. The maximum Gasteiger partial charge on any atom is 0.310 e. The standard InChI is InChI=1S/C17H23NO3/c1-2-21-14(19)12-13-6-10-18-11-9-17(16(20)15(13)18)7-4-3-5-8-17/h6,10H,2-5,7-9,11-12H2,1H3. The van der Waals surface area contributed by atoms with Crippen LogP contribution in [0, 0.1) is 5.41 Å². The smallest absolute Gasteiger partial charge is 0.310 e. The molecule has 4 nitrogen and oxygen atoms in total. The zero-order valence-electron chi connectivity index (χ0n) is 12.7. The molecule has 1 aliphatic carbocycles. The average Bonchev–Trinajstić information content (AvgIpc) is 2.88. The summed E-state index contributed by atoms with van der Waals surface area (Å²) >= 11 is 0. The number of aromatic nitrogens is 1. The first-order valence-electron chi connectivity index (χ1n) is 8.05. The fourth-order valence-electron chi connectivity index (χ4n) is 3.90. The second kappa shape index (κ2) is 5.66. The summed E-state index contributed by atoms with van der Waals surface area (Å²) in [6.07, 6.45) is 8.67. The van der Waals surface area contributed by atoms with Gasteiger partial charge in [-0.15, -0.1) is 0 Å². The van der Waals surface area contributed by atoms with Crippen molar-refractivity contribution in [2.24, 2.45) is 5.41 Å². The van der Waals surface area contributed by atoms with Crippen molar-refractivity contribution < 1.29 is 14.3 Å². The molecule has 0 atom stereocenters. The summed E-state index contributed by atoms with van der Waals surface area (Å²) in [6, 6.07) is 1.91. The molecule has 0 aromatic carbocycles. The van der Waals surface area contributed by atoms with Gasteiger partial charge in [0.25, 0.3) is 0 Å². The molecule has 0 saturated heterocycles. The van der Waals surface area contributed by atoms with Gasteiger partial charge in [0.15, 0.2) is 5.78 Å². The topological polar surface area (TPSA) is 48.3 Å². The van der Waals surface area contributed by atoms with Crippen LogP contribution in [0.3, 0.4) is 0 Å². The molecule has 3 rings (SSSR count). The minimum Gasteiger partial charge on any atom is -0.466 e. The van der Waals surface area contributed by atoms with Gasteiger partial charge in [-0.1, -0.05) is 19.3 Å². The molecule has 4 heteroatoms. The quantitative estimate of drug-likeness (QED) is 0.803. The van der Waals surface area contributed by atoms with Gasteiger partial charge in [-0.2, -0.15) is 0 Å². The number of nitrogens with zero attached hydrogens (tertiary/aromatic N) is 1. The van der Waals surface area contributed by atoms with E-state index < -0.39 is 0 Å². The maximum absolute atomic E-state index is 13.0. The molecule has 21 heavy (non-hydrogen) atoms. The van der Waals surface area contributed by atoms with Crippen molar-refractivity contribution in [2.45, 2.75) is 58.4 Å². The number of ether oxygens (including phenoxy) is 1. The van der Waals surface area contributed by atoms with Crippen molar-refractivity contribution in [3.63, 3.8) is 0 Å². The van der Waals surface area contributed by atoms with Crippen LogP contribution in [0.15, 0.2) is 12.3 Å². The minimum absolute atomic E-state index is 0.157. The highest BCUT2D eigenvalue weighted by Gasteiger charge is 2.44. The number of rotatable bonds is 3. The van der Waals surface area contributed by atoms with Gasteiger partial charge in [-0.25, -0.2) is 0 Å². The molecule has 1 fully saturated rings. The number of carbonyl (C=O) groups is 2. The summed E-state index contributed by atoms with van der Waals surface area (Å²) < 4.78 is 7.04. The van der Waals surface area contributed by atoms with Crippen LogP contribution in [0.1, 0.15) is 61.5 Å². The summed E-state index contributed by atoms with van der Waals surface area (Å²) in [5, 5.41) is 0. The molecule has 1 spiro atoms. The molecule has 0 N–H and O–H groups in total. The lowest BCUT2D eigenvalue weighted by Gasteiger charge is -2.39. The third-order valence-electron chi connectivity index (χ3n) is 5.03. The van der Waals surface area contributed by atoms with Gasteiger partial charge in [0.2, 0.25) is 0 Å². The highest BCUT2D eigenvalue weighted by atomic mass is 16.5. The van der Waals surface area contributed by atoms with E-state index in [1.165, 1.54) is 6.42 Å². The van der Waals surface area contributed by atoms with Crippen LogP contribution in [0.5, 0.6) is 0 Å². The molecule has 1 aromatic rings. The molecule has 0 radical (unpaired) electrons. The third kappa shape index (κ3) is 2.52. The van der Waals surface area contributed by atoms with E-state index in [2.05, 4.69) is 0 Å². The molecule has 0 bridgehead atoms. The monoisotopic (exact) mass is 289 g/mol. The second-order valence-electron chi connectivity index (χ2n) is 6.28. The van der Waals surface area contributed by atoms with Crippen LogP contribution < -0.4 is 0 Å². The lowest BCUT2D eigenvalue weighted by molar-refractivity contribution is -0.142. The van der Waals surface area contributed by atoms with Crippen molar-refractivity contribution in [2.75, 3.05) is 6.61 Å². The molecule has 0 unspecified atom stereocenters. The first-order valence-corrected chi connectivity index (χ1v) is 8.05. The molecule has 1 aliphatic heterocycles. The Morgan fingerprint density at radius 2 is 2.05 bits per heavy atom. The van der Waals surface area contributed by atoms with Crippen LogP contribution in [0.25, 0.3) is 0 Å². The van der Waals surface area contributed by atoms with Gasteiger partial charge in [-0.3, -0.25) is 9.59 Å². The van der Waals surface area contributed by atoms with Crippen LogP contribution in [0.4, 0.5) is 0 Å². The summed E-state index contributed by atoms with van der Waals surface area (Å²) in [5.74, 6) is 0.0142. The van der Waals surface area contributed by atoms with E-state index in [4.69, 9.17) is 4.74 Å². The Hall–Kier alpha value is -1.58. The molecule has 0 amide bonds. The second-order valence-corrected chi connectivity index (χ2v) is 6.28. The molecule has 2 heterocycles. The van der Waals surface area contributed by atoms with Crippen LogP contribution in [0.2, 0.25) is 0 Å². The largest absolute Gasteiger partial charge is 0.466 e. The Morgan fingerprint density at radius 1 is 1.29 bits per heavy atom. The number of esters is 1. The minimum atomic E-state index is -0.248. The van der Waals surface area contributed by atoms with E-state index >= 15 is 0 Å². The molecular weight excluding hydrogens is 266 g/mol. The normalized spacial score (nSPS) is 20.3. The van der Waals surface area contributed by atoms with E-state index in [-0.39, 0.29) is 23.6 Å². The van der Waals surface area contributed by atoms with Gasteiger partial charge < -0.3 is 9.30 Å². The van der Waals surface area contributed by atoms with Gasteiger partial charge in [0.05, 0.1) is 18.7 Å². The van der Waals surface area contributed by atoms with Crippen molar-refractivity contribution in [1.82, 2.24) is 4.57 Å². The zero-order chi connectivity index (χ0) is 14.9. The lowest BCUT2D eigenvalue weighted by Crippen LogP contribution is -2.40. The Balaban J connectivity index is 1.87. The van der Waals surface area contributed by atoms with E-state index in [1.807, 2.05) is 16.8 Å². The SMILES string of the molecule is CCOC(=O)Cc1ccn2c1C(=O)C1(CCCCC1)CC2. The number of hydrogen-bond donors (Lipinski definition) is 0. The fourth-order valence-corrected chi connectivity index (χ4v) is 3.90. The maximum atomic E-state index is 13.0. The molecular formula is C17H23NO3. The first-order chi connectivity index (χ1) is 10.2. The van der Waals surface area contributed by atoms with Crippen molar-refractivity contribution in [3.8, 4) is 0 Å². The van der Waals surface area contributed by atoms with E-state index in [1.54, 1.807) is 6.92 Å². The summed E-state index contributed by atoms with van der Waals surface area (Å²) in [6.45, 7) is 3.08. The van der Waals surface area contributed by atoms with Gasteiger partial charge in [-0.05, 0) is 37.8 Å². The highest BCUT2D eigenvalue weighted by Crippen LogP contribution is 2.45. The number of Topliss-reactive ketones (excluding diaryl/α,β-unsaturated/α-hetero) is 1. The van der Waals surface area contributed by atoms with Crippen LogP contribution in [-0.2, 0) is 22.5 Å². The van der Waals surface area contributed by atoms with Crippen LogP contribution >= 0.6 is 0 Å². The summed E-state index contributed by atoms with van der Waals surface area (Å²) in [7, 11) is 0. The molecule has 114 valence electrons. The number of hydrogen-bond acceptors (Lipinski definition) is 3. The molecule has 1 saturated carbocycles. The van der Waals surface area contributed by atoms with E-state index in [0.29, 0.717) is 6.61 Å². The van der Waals surface area contributed by atoms with E-state index in [9.17, 15) is 9.59 Å². The summed E-state index contributed by atoms with van der Waals surface area (Å²) in [4.78, 5) is 24.8. The predicted molar refractivity (Wildman–Crippen MR) is 79.2 cm³/mol. The van der Waals surface area contributed by atoms with Crippen molar-refractivity contribution in [1.29, 1.82) is 0 Å². The third-order valence-corrected chi connectivity index (χ3v) is 5.03. The Bertz CT molecular complexity index is 552. The Labute approximate surface area is 125 Å². The predicted octanol–water partition coefficient (Wildman–Crippen LogP) is 3.13. The average molecular weight is 289 g/mol. The van der Waals surface area contributed by atoms with Crippen molar-refractivity contribution >= 4 is 11.8 Å². The highest BCUT2D eigenvalue weighted by molar-refractivity contribution is 6.02. The van der Waals surface area contributed by atoms with Gasteiger partial charge >= 0.3 is 5.97 Å². The number of fused-ring (bicyclic) bond motifs is 1. The number of ketones is 1. The van der Waals surface area contributed by atoms with Gasteiger partial charge in [0.1, 0.15) is 0 Å². The first kappa shape index (κ1) is 14.4. The van der Waals surface area contributed by atoms with Gasteiger partial charge in [0, 0.05) is 18.2 Å².